The average molecular weight is 535 g/mol. The lowest BCUT2D eigenvalue weighted by Crippen LogP contribution is -2.44. The highest BCUT2D eigenvalue weighted by molar-refractivity contribution is 14.0. The third kappa shape index (κ3) is 7.55. The average Bonchev–Trinajstić information content (AvgIpc) is 3.18. The maximum Gasteiger partial charge on any atom is 0.191 e. The summed E-state index contributed by atoms with van der Waals surface area (Å²) in [6, 6.07) is 17.6. The lowest BCUT2D eigenvalue weighted by atomic mass is 10.00. The molecule has 3 rings (SSSR count). The molecule has 0 amide bonds. The summed E-state index contributed by atoms with van der Waals surface area (Å²) in [5.41, 5.74) is 0.715. The monoisotopic (exact) mass is 535 g/mol. The molecule has 0 aliphatic rings. The van der Waals surface area contributed by atoms with Crippen LogP contribution in [0.1, 0.15) is 25.0 Å². The highest BCUT2D eigenvalue weighted by Crippen LogP contribution is 2.22. The molecular formula is C23H30IN5O2. The Kier molecular flexibility index (Phi) is 9.32. The number of halogens is 1. The van der Waals surface area contributed by atoms with Gasteiger partial charge in [0.05, 0.1) is 19.3 Å². The van der Waals surface area contributed by atoms with Crippen molar-refractivity contribution in [3.8, 4) is 11.5 Å². The van der Waals surface area contributed by atoms with Crippen LogP contribution in [-0.4, -0.2) is 33.9 Å². The van der Waals surface area contributed by atoms with Crippen molar-refractivity contribution in [1.82, 2.24) is 20.4 Å². The third-order valence-electron chi connectivity index (χ3n) is 4.57. The van der Waals surface area contributed by atoms with Gasteiger partial charge in [-0.2, -0.15) is 5.10 Å². The van der Waals surface area contributed by atoms with Crippen LogP contribution < -0.4 is 15.4 Å². The highest BCUT2D eigenvalue weighted by atomic mass is 127. The molecule has 8 heteroatoms. The summed E-state index contributed by atoms with van der Waals surface area (Å²) in [4.78, 5) is 4.64. The number of aliphatic imine (C=N–C) groups is 1. The summed E-state index contributed by atoms with van der Waals surface area (Å²) in [7, 11) is 1.83. The van der Waals surface area contributed by atoms with Crippen LogP contribution >= 0.6 is 24.0 Å². The first-order valence-corrected chi connectivity index (χ1v) is 10.0. The van der Waals surface area contributed by atoms with E-state index >= 15 is 0 Å². The second kappa shape index (κ2) is 11.7. The van der Waals surface area contributed by atoms with Crippen LogP contribution in [0.3, 0.4) is 0 Å². The Hall–Kier alpha value is -2.59. The number of nitrogens with one attached hydrogen (secondary N) is 2. The van der Waals surface area contributed by atoms with E-state index in [0.29, 0.717) is 19.0 Å². The van der Waals surface area contributed by atoms with Gasteiger partial charge in [0.15, 0.2) is 5.96 Å². The zero-order valence-corrected chi connectivity index (χ0v) is 20.4. The Morgan fingerprint density at radius 1 is 1.13 bits per heavy atom. The molecule has 7 nitrogen and oxygen atoms in total. The lowest BCUT2D eigenvalue weighted by Gasteiger charge is -2.23. The van der Waals surface area contributed by atoms with E-state index in [4.69, 9.17) is 4.74 Å². The number of para-hydroxylation sites is 1. The summed E-state index contributed by atoms with van der Waals surface area (Å²) in [6.45, 7) is 5.27. The molecule has 1 atom stereocenters. The van der Waals surface area contributed by atoms with Gasteiger partial charge in [-0.25, -0.2) is 4.99 Å². The molecule has 3 N–H and O–H groups in total. The minimum atomic E-state index is -1.06. The minimum Gasteiger partial charge on any atom is -0.457 e. The van der Waals surface area contributed by atoms with Crippen LogP contribution in [0.5, 0.6) is 11.5 Å². The first-order valence-electron chi connectivity index (χ1n) is 10.0. The zero-order valence-electron chi connectivity index (χ0n) is 18.1. The summed E-state index contributed by atoms with van der Waals surface area (Å²) in [5.74, 6) is 2.20. The Morgan fingerprint density at radius 3 is 2.55 bits per heavy atom. The molecule has 2 aromatic carbocycles. The molecule has 1 aromatic heterocycles. The largest absolute Gasteiger partial charge is 0.457 e. The third-order valence-corrected chi connectivity index (χ3v) is 4.57. The molecular weight excluding hydrogens is 505 g/mol. The van der Waals surface area contributed by atoms with Crippen LogP contribution in [0.4, 0.5) is 0 Å². The molecule has 166 valence electrons. The van der Waals surface area contributed by atoms with Gasteiger partial charge < -0.3 is 20.5 Å². The van der Waals surface area contributed by atoms with Crippen molar-refractivity contribution in [2.24, 2.45) is 12.0 Å². The van der Waals surface area contributed by atoms with Crippen molar-refractivity contribution in [1.29, 1.82) is 0 Å². The first kappa shape index (κ1) is 24.7. The van der Waals surface area contributed by atoms with Gasteiger partial charge in [-0.3, -0.25) is 4.68 Å². The topological polar surface area (TPSA) is 83.7 Å². The van der Waals surface area contributed by atoms with E-state index in [1.54, 1.807) is 17.8 Å². The first-order chi connectivity index (χ1) is 14.5. The number of aromatic nitrogens is 2. The van der Waals surface area contributed by atoms with Crippen LogP contribution in [0.2, 0.25) is 0 Å². The van der Waals surface area contributed by atoms with Crippen LogP contribution in [0.25, 0.3) is 0 Å². The number of guanidine groups is 1. The molecule has 0 aliphatic heterocycles. The van der Waals surface area contributed by atoms with Crippen LogP contribution in [-0.2, 0) is 19.2 Å². The van der Waals surface area contributed by atoms with Gasteiger partial charge in [0.2, 0.25) is 0 Å². The smallest absolute Gasteiger partial charge is 0.191 e. The second-order valence-corrected chi connectivity index (χ2v) is 7.29. The molecule has 1 heterocycles. The van der Waals surface area contributed by atoms with E-state index < -0.39 is 5.60 Å². The molecule has 0 fully saturated rings. The Bertz CT molecular complexity index is 973. The van der Waals surface area contributed by atoms with E-state index in [-0.39, 0.29) is 24.0 Å². The summed E-state index contributed by atoms with van der Waals surface area (Å²) in [6.07, 6.45) is 3.48. The normalized spacial score (nSPS) is 13.1. The number of nitrogens with zero attached hydrogens (tertiary/aromatic N) is 3. The van der Waals surface area contributed by atoms with Gasteiger partial charge in [0.1, 0.15) is 17.1 Å². The number of ether oxygens (including phenoxy) is 1. The van der Waals surface area contributed by atoms with Gasteiger partial charge in [-0.15, -0.1) is 24.0 Å². The summed E-state index contributed by atoms with van der Waals surface area (Å²) >= 11 is 0. The molecule has 0 bridgehead atoms. The van der Waals surface area contributed by atoms with E-state index in [2.05, 4.69) is 20.7 Å². The molecule has 31 heavy (non-hydrogen) atoms. The van der Waals surface area contributed by atoms with Gasteiger partial charge in [0, 0.05) is 25.4 Å². The van der Waals surface area contributed by atoms with Gasteiger partial charge >= 0.3 is 0 Å². The predicted molar refractivity (Wildman–Crippen MR) is 134 cm³/mol. The fourth-order valence-electron chi connectivity index (χ4n) is 2.90. The van der Waals surface area contributed by atoms with Crippen molar-refractivity contribution < 1.29 is 9.84 Å². The molecule has 1 unspecified atom stereocenters. The lowest BCUT2D eigenvalue weighted by molar-refractivity contribution is 0.0616. The van der Waals surface area contributed by atoms with E-state index in [0.717, 1.165) is 29.2 Å². The maximum absolute atomic E-state index is 10.8. The summed E-state index contributed by atoms with van der Waals surface area (Å²) < 4.78 is 7.57. The van der Waals surface area contributed by atoms with Crippen molar-refractivity contribution in [3.63, 3.8) is 0 Å². The maximum atomic E-state index is 10.8. The number of benzene rings is 2. The van der Waals surface area contributed by atoms with Gasteiger partial charge in [-0.05, 0) is 43.7 Å². The number of hydrogen-bond donors (Lipinski definition) is 3. The van der Waals surface area contributed by atoms with Crippen molar-refractivity contribution >= 4 is 29.9 Å². The molecule has 0 saturated carbocycles. The van der Waals surface area contributed by atoms with Gasteiger partial charge in [0.25, 0.3) is 0 Å². The molecule has 0 radical (unpaired) electrons. The quantitative estimate of drug-likeness (QED) is 0.232. The van der Waals surface area contributed by atoms with Gasteiger partial charge in [-0.1, -0.05) is 30.3 Å². The summed E-state index contributed by atoms with van der Waals surface area (Å²) in [5, 5.41) is 21.3. The van der Waals surface area contributed by atoms with Crippen molar-refractivity contribution in [2.75, 3.05) is 13.1 Å². The number of aryl methyl sites for hydroxylation is 1. The fraction of sp³-hybridized carbons (Fsp3) is 0.304. The van der Waals surface area contributed by atoms with Crippen LogP contribution in [0.15, 0.2) is 72.0 Å². The van der Waals surface area contributed by atoms with E-state index in [1.807, 2.05) is 74.8 Å². The van der Waals surface area contributed by atoms with Crippen LogP contribution in [0, 0.1) is 0 Å². The molecule has 0 saturated heterocycles. The number of aliphatic hydroxyl groups is 1. The van der Waals surface area contributed by atoms with E-state index in [1.165, 1.54) is 0 Å². The second-order valence-electron chi connectivity index (χ2n) is 7.29. The van der Waals surface area contributed by atoms with E-state index in [9.17, 15) is 5.11 Å². The minimum absolute atomic E-state index is 0. The zero-order chi connectivity index (χ0) is 21.4. The SMILES string of the molecule is CCNC(=NCc1cccc(Oc2ccccc2)c1)NCC(C)(O)c1cnn(C)c1.I. The number of rotatable bonds is 8. The Morgan fingerprint density at radius 2 is 1.87 bits per heavy atom. The predicted octanol–water partition coefficient (Wildman–Crippen LogP) is 3.79. The number of hydrogen-bond acceptors (Lipinski definition) is 4. The Balaban J connectivity index is 0.00000341. The van der Waals surface area contributed by atoms with Crippen molar-refractivity contribution in [3.05, 3.63) is 78.1 Å². The molecule has 3 aromatic rings. The molecule has 0 aliphatic carbocycles. The standard InChI is InChI=1S/C23H29N5O2.HI/c1-4-24-22(26-17-23(2,29)19-15-27-28(3)16-19)25-14-18-9-8-12-21(13-18)30-20-10-6-5-7-11-20;/h5-13,15-16,29H,4,14,17H2,1-3H3,(H2,24,25,26);1H. The fourth-order valence-corrected chi connectivity index (χ4v) is 2.90. The Labute approximate surface area is 200 Å². The van der Waals surface area contributed by atoms with Crippen molar-refractivity contribution in [2.45, 2.75) is 26.0 Å². The highest BCUT2D eigenvalue weighted by Gasteiger charge is 2.24. The molecule has 0 spiro atoms.